The van der Waals surface area contributed by atoms with Gasteiger partial charge in [0.25, 0.3) is 0 Å². The van der Waals surface area contributed by atoms with Crippen molar-refractivity contribution in [3.8, 4) is 0 Å². The largest absolute Gasteiger partial charge is 0.354 e. The van der Waals surface area contributed by atoms with Gasteiger partial charge < -0.3 is 22.1 Å². The molecule has 20 heavy (non-hydrogen) atoms. The van der Waals surface area contributed by atoms with Gasteiger partial charge in [-0.05, 0) is 38.8 Å². The first kappa shape index (κ1) is 18.9. The molecule has 0 radical (unpaired) electrons. The van der Waals surface area contributed by atoms with Crippen LogP contribution in [0.15, 0.2) is 0 Å². The molecule has 0 spiro atoms. The third kappa shape index (κ3) is 13.3. The number of unbranched alkanes of at least 4 members (excludes halogenated alkanes) is 4. The third-order valence-electron chi connectivity index (χ3n) is 2.99. The number of hydrogen-bond donors (Lipinski definition) is 4. The maximum atomic E-state index is 11.4. The van der Waals surface area contributed by atoms with Crippen LogP contribution in [0.3, 0.4) is 0 Å². The average Bonchev–Trinajstić information content (AvgIpc) is 2.44. The first-order valence-electron chi connectivity index (χ1n) is 7.64. The SMILES string of the molecule is NCCCCCC(=O)NCCNC(=O)CCCCCN. The van der Waals surface area contributed by atoms with Crippen LogP contribution >= 0.6 is 0 Å². The summed E-state index contributed by atoms with van der Waals surface area (Å²) in [6.07, 6.45) is 6.72. The molecule has 6 N–H and O–H groups in total. The van der Waals surface area contributed by atoms with Crippen LogP contribution in [-0.2, 0) is 9.59 Å². The predicted molar refractivity (Wildman–Crippen MR) is 81.1 cm³/mol. The normalized spacial score (nSPS) is 10.3. The molecule has 0 saturated carbocycles. The molecule has 0 atom stereocenters. The second kappa shape index (κ2) is 14.3. The van der Waals surface area contributed by atoms with Gasteiger partial charge in [-0.15, -0.1) is 0 Å². The lowest BCUT2D eigenvalue weighted by molar-refractivity contribution is -0.123. The van der Waals surface area contributed by atoms with Crippen molar-refractivity contribution in [1.29, 1.82) is 0 Å². The van der Waals surface area contributed by atoms with Crippen molar-refractivity contribution in [2.24, 2.45) is 11.5 Å². The van der Waals surface area contributed by atoms with Crippen LogP contribution in [0.4, 0.5) is 0 Å². The minimum absolute atomic E-state index is 0.0409. The summed E-state index contributed by atoms with van der Waals surface area (Å²) in [5.74, 6) is 0.0819. The zero-order valence-electron chi connectivity index (χ0n) is 12.5. The fraction of sp³-hybridized carbons (Fsp3) is 0.857. The van der Waals surface area contributed by atoms with Crippen molar-refractivity contribution in [2.75, 3.05) is 26.2 Å². The Morgan fingerprint density at radius 1 is 0.650 bits per heavy atom. The van der Waals surface area contributed by atoms with E-state index in [1.807, 2.05) is 0 Å². The molecule has 0 aromatic rings. The summed E-state index contributed by atoms with van der Waals surface area (Å²) in [5.41, 5.74) is 10.8. The third-order valence-corrected chi connectivity index (χ3v) is 2.99. The maximum absolute atomic E-state index is 11.4. The van der Waals surface area contributed by atoms with Crippen LogP contribution in [0.5, 0.6) is 0 Å². The lowest BCUT2D eigenvalue weighted by atomic mass is 10.2. The molecule has 0 aromatic heterocycles. The quantitative estimate of drug-likeness (QED) is 0.364. The standard InChI is InChI=1S/C14H30N4O2/c15-9-5-1-3-7-13(19)17-11-12-18-14(20)8-4-2-6-10-16/h1-12,15-16H2,(H,17,19)(H,18,20). The number of carbonyl (C=O) groups excluding carboxylic acids is 2. The summed E-state index contributed by atoms with van der Waals surface area (Å²) in [6.45, 7) is 2.34. The van der Waals surface area contributed by atoms with E-state index >= 15 is 0 Å². The summed E-state index contributed by atoms with van der Waals surface area (Å²) < 4.78 is 0. The van der Waals surface area contributed by atoms with Gasteiger partial charge in [-0.2, -0.15) is 0 Å². The van der Waals surface area contributed by atoms with Crippen molar-refractivity contribution in [3.63, 3.8) is 0 Å². The Labute approximate surface area is 122 Å². The summed E-state index contributed by atoms with van der Waals surface area (Å²) in [7, 11) is 0. The maximum Gasteiger partial charge on any atom is 0.220 e. The molecule has 0 aliphatic carbocycles. The molecule has 0 aromatic carbocycles. The number of nitrogens with two attached hydrogens (primary N) is 2. The highest BCUT2D eigenvalue weighted by molar-refractivity contribution is 5.77. The Kier molecular flexibility index (Phi) is 13.5. The van der Waals surface area contributed by atoms with E-state index in [1.54, 1.807) is 0 Å². The Morgan fingerprint density at radius 2 is 1.05 bits per heavy atom. The van der Waals surface area contributed by atoms with Crippen molar-refractivity contribution in [2.45, 2.75) is 51.4 Å². The second-order valence-corrected chi connectivity index (χ2v) is 4.90. The first-order valence-corrected chi connectivity index (χ1v) is 7.64. The molecule has 0 fully saturated rings. The molecule has 118 valence electrons. The monoisotopic (exact) mass is 286 g/mol. The van der Waals surface area contributed by atoms with E-state index < -0.39 is 0 Å². The van der Waals surface area contributed by atoms with Crippen LogP contribution in [0.2, 0.25) is 0 Å². The van der Waals surface area contributed by atoms with Gasteiger partial charge in [0.05, 0.1) is 0 Å². The van der Waals surface area contributed by atoms with E-state index in [0.717, 1.165) is 38.5 Å². The molecule has 0 unspecified atom stereocenters. The highest BCUT2D eigenvalue weighted by Crippen LogP contribution is 1.98. The van der Waals surface area contributed by atoms with Gasteiger partial charge in [-0.25, -0.2) is 0 Å². The molecule has 0 rings (SSSR count). The lowest BCUT2D eigenvalue weighted by Gasteiger charge is -2.07. The molecule has 0 aliphatic heterocycles. The van der Waals surface area contributed by atoms with Crippen molar-refractivity contribution in [3.05, 3.63) is 0 Å². The summed E-state index contributed by atoms with van der Waals surface area (Å²) in [4.78, 5) is 22.9. The smallest absolute Gasteiger partial charge is 0.220 e. The van der Waals surface area contributed by atoms with E-state index in [-0.39, 0.29) is 11.8 Å². The fourth-order valence-corrected chi connectivity index (χ4v) is 1.79. The average molecular weight is 286 g/mol. The molecule has 0 saturated heterocycles. The first-order chi connectivity index (χ1) is 9.70. The van der Waals surface area contributed by atoms with E-state index in [4.69, 9.17) is 11.5 Å². The van der Waals surface area contributed by atoms with Gasteiger partial charge >= 0.3 is 0 Å². The Balaban J connectivity index is 3.32. The zero-order valence-corrected chi connectivity index (χ0v) is 12.5. The van der Waals surface area contributed by atoms with Gasteiger partial charge in [-0.3, -0.25) is 9.59 Å². The van der Waals surface area contributed by atoms with Crippen LogP contribution in [-0.4, -0.2) is 38.0 Å². The molecular formula is C14H30N4O2. The number of rotatable bonds is 13. The van der Waals surface area contributed by atoms with Crippen LogP contribution in [0.25, 0.3) is 0 Å². The van der Waals surface area contributed by atoms with Gasteiger partial charge in [-0.1, -0.05) is 12.8 Å². The molecule has 6 nitrogen and oxygen atoms in total. The van der Waals surface area contributed by atoms with Gasteiger partial charge in [0.15, 0.2) is 0 Å². The number of amides is 2. The van der Waals surface area contributed by atoms with E-state index in [0.29, 0.717) is 39.0 Å². The lowest BCUT2D eigenvalue weighted by Crippen LogP contribution is -2.34. The molecule has 6 heteroatoms. The predicted octanol–water partition coefficient (Wildman–Crippen LogP) is 0.257. The van der Waals surface area contributed by atoms with Crippen molar-refractivity contribution in [1.82, 2.24) is 10.6 Å². The van der Waals surface area contributed by atoms with Gasteiger partial charge in [0, 0.05) is 25.9 Å². The minimum Gasteiger partial charge on any atom is -0.354 e. The van der Waals surface area contributed by atoms with E-state index in [2.05, 4.69) is 10.6 Å². The fourth-order valence-electron chi connectivity index (χ4n) is 1.79. The highest BCUT2D eigenvalue weighted by Gasteiger charge is 2.02. The summed E-state index contributed by atoms with van der Waals surface area (Å²) >= 11 is 0. The van der Waals surface area contributed by atoms with Crippen molar-refractivity contribution < 1.29 is 9.59 Å². The molecule has 2 amide bonds. The topological polar surface area (TPSA) is 110 Å². The zero-order chi connectivity index (χ0) is 15.1. The number of carbonyl (C=O) groups is 2. The molecular weight excluding hydrogens is 256 g/mol. The second-order valence-electron chi connectivity index (χ2n) is 4.90. The Bertz CT molecular complexity index is 234. The molecule has 0 bridgehead atoms. The highest BCUT2D eigenvalue weighted by atomic mass is 16.2. The molecule has 0 heterocycles. The number of hydrogen-bond acceptors (Lipinski definition) is 4. The van der Waals surface area contributed by atoms with E-state index in [9.17, 15) is 9.59 Å². The van der Waals surface area contributed by atoms with Gasteiger partial charge in [0.1, 0.15) is 0 Å². The summed E-state index contributed by atoms with van der Waals surface area (Å²) in [5, 5.41) is 5.58. The van der Waals surface area contributed by atoms with Crippen LogP contribution < -0.4 is 22.1 Å². The summed E-state index contributed by atoms with van der Waals surface area (Å²) in [6, 6.07) is 0. The van der Waals surface area contributed by atoms with Crippen LogP contribution in [0, 0.1) is 0 Å². The van der Waals surface area contributed by atoms with Crippen molar-refractivity contribution >= 4 is 11.8 Å². The Hall–Kier alpha value is -1.14. The minimum atomic E-state index is 0.0409. The van der Waals surface area contributed by atoms with E-state index in [1.165, 1.54) is 0 Å². The Morgan fingerprint density at radius 3 is 1.40 bits per heavy atom. The number of nitrogens with one attached hydrogen (secondary N) is 2. The molecule has 0 aliphatic rings. The van der Waals surface area contributed by atoms with Crippen LogP contribution in [0.1, 0.15) is 51.4 Å². The van der Waals surface area contributed by atoms with Gasteiger partial charge in [0.2, 0.25) is 11.8 Å².